The topological polar surface area (TPSA) is 99.3 Å². The molecule has 27 heavy (non-hydrogen) atoms. The van der Waals surface area contributed by atoms with Crippen molar-refractivity contribution in [2.45, 2.75) is 24.9 Å². The molecule has 138 valence electrons. The third kappa shape index (κ3) is 3.33. The number of imide groups is 1. The first-order valence-electron chi connectivity index (χ1n) is 8.48. The van der Waals surface area contributed by atoms with E-state index in [2.05, 4.69) is 21.3 Å². The summed E-state index contributed by atoms with van der Waals surface area (Å²) in [5.74, 6) is -0.684. The number of fused-ring (bicyclic) bond motifs is 1. The number of carbonyl (C=O) groups is 3. The Balaban J connectivity index is 1.40. The lowest BCUT2D eigenvalue weighted by Gasteiger charge is -2.18. The number of benzene rings is 2. The van der Waals surface area contributed by atoms with Crippen LogP contribution in [0.3, 0.4) is 0 Å². The molecule has 4 N–H and O–H groups in total. The quantitative estimate of drug-likeness (QED) is 0.622. The van der Waals surface area contributed by atoms with Crippen LogP contribution in [0.15, 0.2) is 42.5 Å². The van der Waals surface area contributed by atoms with Gasteiger partial charge in [0.25, 0.3) is 5.91 Å². The molecular formula is C19H17FN4O3. The van der Waals surface area contributed by atoms with Gasteiger partial charge in [-0.15, -0.1) is 0 Å². The van der Waals surface area contributed by atoms with E-state index in [0.717, 1.165) is 11.1 Å². The highest BCUT2D eigenvalue weighted by atomic mass is 19.1. The Morgan fingerprint density at radius 1 is 1.11 bits per heavy atom. The van der Waals surface area contributed by atoms with E-state index < -0.39 is 17.6 Å². The Morgan fingerprint density at radius 3 is 2.67 bits per heavy atom. The molecule has 5 amide bonds. The van der Waals surface area contributed by atoms with Crippen LogP contribution >= 0.6 is 0 Å². The first-order valence-corrected chi connectivity index (χ1v) is 8.48. The highest BCUT2D eigenvalue weighted by molar-refractivity contribution is 6.07. The standard InChI is InChI=1S/C19H17FN4O3/c20-14-3-1-2-11(6-14)10-21-17(26)22-15-5-4-12-8-19(9-13(12)7-15)16(25)23-18(27)24-19/h1-7H,8-10H2,(H2,21,22,26)(H2,23,24,25,27). The third-order valence-corrected chi connectivity index (χ3v) is 4.81. The summed E-state index contributed by atoms with van der Waals surface area (Å²) in [5.41, 5.74) is 2.15. The van der Waals surface area contributed by atoms with Crippen LogP contribution in [0.2, 0.25) is 0 Å². The van der Waals surface area contributed by atoms with Crippen molar-refractivity contribution in [3.63, 3.8) is 0 Å². The van der Waals surface area contributed by atoms with Gasteiger partial charge < -0.3 is 16.0 Å². The van der Waals surface area contributed by atoms with Crippen LogP contribution < -0.4 is 21.3 Å². The second-order valence-corrected chi connectivity index (χ2v) is 6.76. The highest BCUT2D eigenvalue weighted by Gasteiger charge is 2.49. The van der Waals surface area contributed by atoms with Crippen molar-refractivity contribution in [1.29, 1.82) is 0 Å². The Kier molecular flexibility index (Phi) is 4.02. The van der Waals surface area contributed by atoms with Gasteiger partial charge in [-0.3, -0.25) is 10.1 Å². The Labute approximate surface area is 154 Å². The second kappa shape index (κ2) is 6.39. The van der Waals surface area contributed by atoms with Gasteiger partial charge in [0, 0.05) is 25.1 Å². The van der Waals surface area contributed by atoms with Crippen molar-refractivity contribution >= 4 is 23.7 Å². The summed E-state index contributed by atoms with van der Waals surface area (Å²) >= 11 is 0. The lowest BCUT2D eigenvalue weighted by molar-refractivity contribution is -0.123. The van der Waals surface area contributed by atoms with Crippen molar-refractivity contribution in [1.82, 2.24) is 16.0 Å². The maximum atomic E-state index is 13.2. The Hall–Kier alpha value is -3.42. The minimum Gasteiger partial charge on any atom is -0.334 e. The normalized spacial score (nSPS) is 20.2. The molecule has 1 heterocycles. The molecule has 8 heteroatoms. The van der Waals surface area contributed by atoms with Crippen LogP contribution in [0.1, 0.15) is 16.7 Å². The van der Waals surface area contributed by atoms with Gasteiger partial charge in [-0.1, -0.05) is 18.2 Å². The first-order chi connectivity index (χ1) is 12.9. The molecule has 4 rings (SSSR count). The minimum absolute atomic E-state index is 0.198. The molecule has 2 aromatic carbocycles. The molecule has 1 saturated heterocycles. The van der Waals surface area contributed by atoms with E-state index in [9.17, 15) is 18.8 Å². The fraction of sp³-hybridized carbons (Fsp3) is 0.211. The number of anilines is 1. The predicted octanol–water partition coefficient (Wildman–Crippen LogP) is 1.82. The minimum atomic E-state index is -0.933. The van der Waals surface area contributed by atoms with E-state index in [4.69, 9.17) is 0 Å². The van der Waals surface area contributed by atoms with Gasteiger partial charge in [0.05, 0.1) is 0 Å². The number of hydrogen-bond acceptors (Lipinski definition) is 3. The molecule has 1 spiro atoms. The monoisotopic (exact) mass is 368 g/mol. The summed E-state index contributed by atoms with van der Waals surface area (Å²) in [5, 5.41) is 10.4. The van der Waals surface area contributed by atoms with Crippen molar-refractivity contribution in [2.24, 2.45) is 0 Å². The van der Waals surface area contributed by atoms with Crippen molar-refractivity contribution in [2.75, 3.05) is 5.32 Å². The SMILES string of the molecule is O=C(NCc1cccc(F)c1)Nc1ccc2c(c1)CC1(C2)NC(=O)NC1=O. The van der Waals surface area contributed by atoms with Gasteiger partial charge in [-0.25, -0.2) is 14.0 Å². The first kappa shape index (κ1) is 17.0. The van der Waals surface area contributed by atoms with Gasteiger partial charge in [-0.05, 0) is 41.0 Å². The van der Waals surface area contributed by atoms with Gasteiger partial charge in [0.1, 0.15) is 11.4 Å². The molecule has 1 fully saturated rings. The van der Waals surface area contributed by atoms with E-state index in [0.29, 0.717) is 24.1 Å². The summed E-state index contributed by atoms with van der Waals surface area (Å²) in [7, 11) is 0. The van der Waals surface area contributed by atoms with E-state index in [1.54, 1.807) is 24.3 Å². The van der Waals surface area contributed by atoms with Crippen LogP contribution in [-0.2, 0) is 24.2 Å². The van der Waals surface area contributed by atoms with Crippen molar-refractivity contribution < 1.29 is 18.8 Å². The summed E-state index contributed by atoms with van der Waals surface area (Å²) < 4.78 is 13.2. The number of urea groups is 2. The summed E-state index contributed by atoms with van der Waals surface area (Å²) in [6, 6.07) is 10.5. The fourth-order valence-corrected chi connectivity index (χ4v) is 3.54. The molecule has 1 atom stereocenters. The number of carbonyl (C=O) groups excluding carboxylic acids is 3. The van der Waals surface area contributed by atoms with Crippen LogP contribution in [0.4, 0.5) is 19.7 Å². The number of amides is 5. The Morgan fingerprint density at radius 2 is 1.93 bits per heavy atom. The van der Waals surface area contributed by atoms with Crippen LogP contribution in [0, 0.1) is 5.82 Å². The summed E-state index contributed by atoms with van der Waals surface area (Å²) in [4.78, 5) is 35.6. The molecule has 7 nitrogen and oxygen atoms in total. The molecule has 0 bridgehead atoms. The van der Waals surface area contributed by atoms with E-state index >= 15 is 0 Å². The van der Waals surface area contributed by atoms with Crippen molar-refractivity contribution in [3.8, 4) is 0 Å². The van der Waals surface area contributed by atoms with Gasteiger partial charge in [0.2, 0.25) is 0 Å². The molecule has 1 aliphatic carbocycles. The average Bonchev–Trinajstić information content (AvgIpc) is 3.11. The van der Waals surface area contributed by atoms with E-state index in [1.807, 2.05) is 6.07 Å². The van der Waals surface area contributed by atoms with Crippen LogP contribution in [-0.4, -0.2) is 23.5 Å². The molecule has 1 unspecified atom stereocenters. The van der Waals surface area contributed by atoms with Gasteiger partial charge in [-0.2, -0.15) is 0 Å². The predicted molar refractivity (Wildman–Crippen MR) is 95.5 cm³/mol. The maximum absolute atomic E-state index is 13.2. The summed E-state index contributed by atoms with van der Waals surface area (Å²) in [6.07, 6.45) is 0.798. The number of hydrogen-bond donors (Lipinski definition) is 4. The molecule has 2 aromatic rings. The third-order valence-electron chi connectivity index (χ3n) is 4.81. The fourth-order valence-electron chi connectivity index (χ4n) is 3.54. The van der Waals surface area contributed by atoms with Crippen molar-refractivity contribution in [3.05, 3.63) is 65.0 Å². The second-order valence-electron chi connectivity index (χ2n) is 6.76. The molecule has 1 aliphatic heterocycles. The number of rotatable bonds is 3. The molecular weight excluding hydrogens is 351 g/mol. The lowest BCUT2D eigenvalue weighted by atomic mass is 9.96. The average molecular weight is 368 g/mol. The summed E-state index contributed by atoms with van der Waals surface area (Å²) in [6.45, 7) is 0.198. The number of halogens is 1. The Bertz CT molecular complexity index is 962. The lowest BCUT2D eigenvalue weighted by Crippen LogP contribution is -2.47. The van der Waals surface area contributed by atoms with Gasteiger partial charge in [0.15, 0.2) is 0 Å². The van der Waals surface area contributed by atoms with Crippen LogP contribution in [0.25, 0.3) is 0 Å². The zero-order valence-corrected chi connectivity index (χ0v) is 14.3. The zero-order chi connectivity index (χ0) is 19.0. The molecule has 0 radical (unpaired) electrons. The van der Waals surface area contributed by atoms with Gasteiger partial charge >= 0.3 is 12.1 Å². The highest BCUT2D eigenvalue weighted by Crippen LogP contribution is 2.33. The molecule has 0 saturated carbocycles. The largest absolute Gasteiger partial charge is 0.334 e. The van der Waals surface area contributed by atoms with E-state index in [1.165, 1.54) is 12.1 Å². The van der Waals surface area contributed by atoms with Crippen LogP contribution in [0.5, 0.6) is 0 Å². The smallest absolute Gasteiger partial charge is 0.322 e. The number of nitrogens with one attached hydrogen (secondary N) is 4. The zero-order valence-electron chi connectivity index (χ0n) is 14.3. The maximum Gasteiger partial charge on any atom is 0.322 e. The van der Waals surface area contributed by atoms with E-state index in [-0.39, 0.29) is 18.3 Å². The molecule has 2 aliphatic rings. The molecule has 0 aromatic heterocycles.